The summed E-state index contributed by atoms with van der Waals surface area (Å²) < 4.78 is 18.0. The number of nitrogens with zero attached hydrogens (tertiary/aromatic N) is 1. The standard InChI is InChI=1S/C24H21ClN2O8/c25-18-19(34-22(31)16-9-5-2-6-10-16)24(13-28,14-33-21(30)15-7-3-1-4-8-15)35-20(18)27-12-11-17(29)26-23(27)32/h1-12,18-20,28H,13-14H2,(H,26,29,32)/t18-,19+,20-,24-/m1/s1. The van der Waals surface area contributed by atoms with E-state index < -0.39 is 59.7 Å². The second kappa shape index (κ2) is 10.3. The Bertz CT molecular complexity index is 1310. The van der Waals surface area contributed by atoms with Gasteiger partial charge in [0, 0.05) is 12.3 Å². The number of carbonyl (C=O) groups is 2. The maximum absolute atomic E-state index is 12.8. The normalized spacial score (nSPS) is 23.5. The van der Waals surface area contributed by atoms with Crippen molar-refractivity contribution in [1.82, 2.24) is 9.55 Å². The first-order valence-electron chi connectivity index (χ1n) is 10.6. The van der Waals surface area contributed by atoms with E-state index in [-0.39, 0.29) is 11.1 Å². The summed E-state index contributed by atoms with van der Waals surface area (Å²) in [7, 11) is 0. The van der Waals surface area contributed by atoms with Crippen molar-refractivity contribution >= 4 is 23.5 Å². The van der Waals surface area contributed by atoms with E-state index in [2.05, 4.69) is 4.98 Å². The molecule has 0 saturated carbocycles. The van der Waals surface area contributed by atoms with Gasteiger partial charge in [0.2, 0.25) is 0 Å². The summed E-state index contributed by atoms with van der Waals surface area (Å²) in [6, 6.07) is 17.3. The minimum Gasteiger partial charge on any atom is -0.459 e. The summed E-state index contributed by atoms with van der Waals surface area (Å²) >= 11 is 6.61. The zero-order valence-corrected chi connectivity index (χ0v) is 19.0. The molecule has 10 nitrogen and oxygen atoms in total. The molecular weight excluding hydrogens is 480 g/mol. The van der Waals surface area contributed by atoms with Crippen LogP contribution in [-0.2, 0) is 14.2 Å². The van der Waals surface area contributed by atoms with Gasteiger partial charge >= 0.3 is 17.6 Å². The molecule has 4 rings (SSSR count). The fourth-order valence-corrected chi connectivity index (χ4v) is 4.17. The predicted molar refractivity (Wildman–Crippen MR) is 123 cm³/mol. The van der Waals surface area contributed by atoms with Crippen LogP contribution in [0.25, 0.3) is 0 Å². The molecule has 1 fully saturated rings. The maximum atomic E-state index is 12.8. The monoisotopic (exact) mass is 500 g/mol. The van der Waals surface area contributed by atoms with Crippen molar-refractivity contribution < 1.29 is 28.9 Å². The molecule has 1 aromatic heterocycles. The van der Waals surface area contributed by atoms with Crippen molar-refractivity contribution in [2.45, 2.75) is 23.3 Å². The zero-order valence-electron chi connectivity index (χ0n) is 18.2. The van der Waals surface area contributed by atoms with Gasteiger partial charge in [-0.05, 0) is 24.3 Å². The van der Waals surface area contributed by atoms with E-state index in [0.717, 1.165) is 10.6 Å². The van der Waals surface area contributed by atoms with Gasteiger partial charge in [-0.3, -0.25) is 14.3 Å². The number of aromatic amines is 1. The smallest absolute Gasteiger partial charge is 0.338 e. The fourth-order valence-electron chi connectivity index (χ4n) is 3.71. The zero-order chi connectivity index (χ0) is 25.0. The number of ether oxygens (including phenoxy) is 3. The lowest BCUT2D eigenvalue weighted by Crippen LogP contribution is -2.51. The van der Waals surface area contributed by atoms with E-state index in [1.165, 1.54) is 18.3 Å². The first kappa shape index (κ1) is 24.4. The van der Waals surface area contributed by atoms with Crippen LogP contribution in [0.5, 0.6) is 0 Å². The third-order valence-corrected chi connectivity index (χ3v) is 5.97. The van der Waals surface area contributed by atoms with Crippen molar-refractivity contribution in [3.05, 3.63) is 105 Å². The molecule has 3 aromatic rings. The Morgan fingerprint density at radius 2 is 1.60 bits per heavy atom. The van der Waals surface area contributed by atoms with Crippen LogP contribution in [0.3, 0.4) is 0 Å². The number of aliphatic hydroxyl groups is 1. The minimum atomic E-state index is -1.80. The van der Waals surface area contributed by atoms with E-state index in [0.29, 0.717) is 0 Å². The third-order valence-electron chi connectivity index (χ3n) is 5.53. The minimum absolute atomic E-state index is 0.217. The number of esters is 2. The Morgan fingerprint density at radius 1 is 1.00 bits per heavy atom. The van der Waals surface area contributed by atoms with Crippen LogP contribution in [0.15, 0.2) is 82.5 Å². The number of hydrogen-bond acceptors (Lipinski definition) is 8. The molecule has 0 spiro atoms. The molecule has 4 atom stereocenters. The van der Waals surface area contributed by atoms with Crippen LogP contribution < -0.4 is 11.2 Å². The van der Waals surface area contributed by atoms with Gasteiger partial charge in [0.15, 0.2) is 17.9 Å². The van der Waals surface area contributed by atoms with Gasteiger partial charge in [-0.1, -0.05) is 36.4 Å². The molecular formula is C24H21ClN2O8. The SMILES string of the molecule is O=C(OC[C@@]1(CO)O[C@@H](n2ccc(=O)[nH]c2=O)[C@H](Cl)[C@@H]1OC(=O)c1ccccc1)c1ccccc1. The maximum Gasteiger partial charge on any atom is 0.338 e. The average molecular weight is 501 g/mol. The molecule has 0 radical (unpaired) electrons. The summed E-state index contributed by atoms with van der Waals surface area (Å²) in [6.07, 6.45) is -1.44. The highest BCUT2D eigenvalue weighted by Crippen LogP contribution is 2.42. The summed E-state index contributed by atoms with van der Waals surface area (Å²) in [5.41, 5.74) is -2.79. The van der Waals surface area contributed by atoms with Gasteiger partial charge in [0.25, 0.3) is 5.56 Å². The number of carbonyl (C=O) groups excluding carboxylic acids is 2. The van der Waals surface area contributed by atoms with Crippen molar-refractivity contribution in [1.29, 1.82) is 0 Å². The molecule has 11 heteroatoms. The summed E-state index contributed by atoms with van der Waals surface area (Å²) in [4.78, 5) is 51.3. The molecule has 0 amide bonds. The first-order chi connectivity index (χ1) is 16.8. The molecule has 2 heterocycles. The van der Waals surface area contributed by atoms with E-state index in [1.807, 2.05) is 0 Å². The first-order valence-corrected chi connectivity index (χ1v) is 11.0. The van der Waals surface area contributed by atoms with Gasteiger partial charge in [0.1, 0.15) is 12.0 Å². The van der Waals surface area contributed by atoms with Crippen molar-refractivity contribution in [3.8, 4) is 0 Å². The Balaban J connectivity index is 1.66. The number of alkyl halides is 1. The Hall–Kier alpha value is -3.73. The molecule has 0 aliphatic carbocycles. The van der Waals surface area contributed by atoms with E-state index in [9.17, 15) is 24.3 Å². The van der Waals surface area contributed by atoms with Crippen LogP contribution in [0, 0.1) is 0 Å². The Morgan fingerprint density at radius 3 is 2.17 bits per heavy atom. The topological polar surface area (TPSA) is 137 Å². The molecule has 1 saturated heterocycles. The molecule has 1 aliphatic heterocycles. The van der Waals surface area contributed by atoms with Crippen molar-refractivity contribution in [3.63, 3.8) is 0 Å². The summed E-state index contributed by atoms with van der Waals surface area (Å²) in [5, 5.41) is 9.14. The van der Waals surface area contributed by atoms with E-state index in [4.69, 9.17) is 25.8 Å². The molecule has 2 aromatic carbocycles. The van der Waals surface area contributed by atoms with E-state index in [1.54, 1.807) is 48.5 Å². The summed E-state index contributed by atoms with van der Waals surface area (Å²) in [5.74, 6) is -1.46. The largest absolute Gasteiger partial charge is 0.459 e. The number of aromatic nitrogens is 2. The highest BCUT2D eigenvalue weighted by Gasteiger charge is 2.58. The third kappa shape index (κ3) is 5.04. The second-order valence-corrected chi connectivity index (χ2v) is 8.33. The van der Waals surface area contributed by atoms with Crippen LogP contribution in [0.2, 0.25) is 0 Å². The number of rotatable bonds is 7. The molecule has 0 bridgehead atoms. The lowest BCUT2D eigenvalue weighted by Gasteiger charge is -2.31. The van der Waals surface area contributed by atoms with Crippen molar-refractivity contribution in [2.75, 3.05) is 13.2 Å². The molecule has 35 heavy (non-hydrogen) atoms. The second-order valence-electron chi connectivity index (χ2n) is 7.83. The Kier molecular flexibility index (Phi) is 7.15. The van der Waals surface area contributed by atoms with Crippen LogP contribution in [-0.4, -0.2) is 56.9 Å². The number of nitrogens with one attached hydrogen (secondary N) is 1. The van der Waals surface area contributed by atoms with E-state index >= 15 is 0 Å². The highest BCUT2D eigenvalue weighted by molar-refractivity contribution is 6.21. The number of H-pyrrole nitrogens is 1. The van der Waals surface area contributed by atoms with Crippen molar-refractivity contribution in [2.24, 2.45) is 0 Å². The van der Waals surface area contributed by atoms with Crippen LogP contribution >= 0.6 is 11.6 Å². The van der Waals surface area contributed by atoms with Crippen LogP contribution in [0.1, 0.15) is 26.9 Å². The summed E-state index contributed by atoms with van der Waals surface area (Å²) in [6.45, 7) is -1.30. The molecule has 2 N–H and O–H groups in total. The van der Waals surface area contributed by atoms with Gasteiger partial charge in [-0.15, -0.1) is 11.6 Å². The number of aliphatic hydroxyl groups excluding tert-OH is 1. The van der Waals surface area contributed by atoms with Gasteiger partial charge in [0.05, 0.1) is 17.7 Å². The molecule has 1 aliphatic rings. The fraction of sp³-hybridized carbons (Fsp3) is 0.250. The predicted octanol–water partition coefficient (Wildman–Crippen LogP) is 1.49. The highest BCUT2D eigenvalue weighted by atomic mass is 35.5. The number of hydrogen-bond donors (Lipinski definition) is 2. The lowest BCUT2D eigenvalue weighted by molar-refractivity contribution is -0.153. The molecule has 0 unspecified atom stereocenters. The van der Waals surface area contributed by atoms with Crippen LogP contribution in [0.4, 0.5) is 0 Å². The number of halogens is 1. The van der Waals surface area contributed by atoms with Gasteiger partial charge < -0.3 is 19.3 Å². The quantitative estimate of drug-likeness (QED) is 0.368. The lowest BCUT2D eigenvalue weighted by atomic mass is 9.97. The van der Waals surface area contributed by atoms with Gasteiger partial charge in [-0.2, -0.15) is 0 Å². The average Bonchev–Trinajstić information content (AvgIpc) is 3.15. The van der Waals surface area contributed by atoms with Gasteiger partial charge in [-0.25, -0.2) is 14.4 Å². The molecule has 182 valence electrons. The Labute approximate surface area is 203 Å². The number of benzene rings is 2.